The summed E-state index contributed by atoms with van der Waals surface area (Å²) in [5.74, 6) is 0.737. The van der Waals surface area contributed by atoms with E-state index in [1.807, 2.05) is 0 Å². The molecule has 4 heteroatoms. The van der Waals surface area contributed by atoms with E-state index in [1.54, 1.807) is 0 Å². The highest BCUT2D eigenvalue weighted by Crippen LogP contribution is 2.24. The quantitative estimate of drug-likeness (QED) is 0.679. The van der Waals surface area contributed by atoms with Gasteiger partial charge in [0.15, 0.2) is 0 Å². The summed E-state index contributed by atoms with van der Waals surface area (Å²) < 4.78 is 14.5. The van der Waals surface area contributed by atoms with Gasteiger partial charge in [-0.1, -0.05) is 34.1 Å². The fraction of sp³-hybridized carbons (Fsp3) is 1.00. The molecule has 1 atom stereocenters. The van der Waals surface area contributed by atoms with Crippen molar-refractivity contribution in [2.24, 2.45) is 5.41 Å². The van der Waals surface area contributed by atoms with Crippen LogP contribution in [0.25, 0.3) is 0 Å². The first-order valence-electron chi connectivity index (χ1n) is 7.34. The van der Waals surface area contributed by atoms with Crippen LogP contribution in [-0.4, -0.2) is 45.5 Å². The molecule has 1 rings (SSSR count). The summed E-state index contributed by atoms with van der Waals surface area (Å²) in [7, 11) is -0.825. The van der Waals surface area contributed by atoms with Crippen LogP contribution in [0.1, 0.15) is 53.4 Å². The maximum absolute atomic E-state index is 12.3. The van der Waals surface area contributed by atoms with Gasteiger partial charge in [-0.05, 0) is 37.8 Å². The number of hydrogen-bond donors (Lipinski definition) is 0. The number of nitrogens with zero attached hydrogens (tertiary/aromatic N) is 2. The minimum absolute atomic E-state index is 0.366. The third-order valence-electron chi connectivity index (χ3n) is 4.13. The van der Waals surface area contributed by atoms with Gasteiger partial charge in [-0.15, -0.1) is 0 Å². The van der Waals surface area contributed by atoms with Gasteiger partial charge in [0, 0.05) is 13.1 Å². The Morgan fingerprint density at radius 2 is 1.83 bits per heavy atom. The topological polar surface area (TPSA) is 23.6 Å². The maximum atomic E-state index is 12.3. The number of likely N-dealkylation sites (tertiary alicyclic amines) is 1. The zero-order valence-electron chi connectivity index (χ0n) is 12.6. The van der Waals surface area contributed by atoms with Gasteiger partial charge in [0.25, 0.3) is 0 Å². The average Bonchev–Trinajstić information content (AvgIpc) is 2.82. The van der Waals surface area contributed by atoms with E-state index in [0.29, 0.717) is 5.41 Å². The molecule has 0 aromatic rings. The van der Waals surface area contributed by atoms with Crippen molar-refractivity contribution in [3.05, 3.63) is 0 Å². The second-order valence-corrected chi connectivity index (χ2v) is 7.48. The molecule has 18 heavy (non-hydrogen) atoms. The number of rotatable bonds is 8. The largest absolute Gasteiger partial charge is 0.291 e. The van der Waals surface area contributed by atoms with Gasteiger partial charge in [0.05, 0.1) is 5.88 Å². The fourth-order valence-corrected chi connectivity index (χ4v) is 3.47. The molecule has 0 amide bonds. The highest BCUT2D eigenvalue weighted by molar-refractivity contribution is 7.82. The van der Waals surface area contributed by atoms with E-state index in [1.165, 1.54) is 19.3 Å². The van der Waals surface area contributed by atoms with Crippen LogP contribution in [0, 0.1) is 5.41 Å². The van der Waals surface area contributed by atoms with E-state index in [2.05, 4.69) is 36.9 Å². The first-order valence-corrected chi connectivity index (χ1v) is 8.62. The minimum Gasteiger partial charge on any atom is -0.291 e. The Hall–Kier alpha value is 0.0700. The lowest BCUT2D eigenvalue weighted by molar-refractivity contribution is 0.283. The summed E-state index contributed by atoms with van der Waals surface area (Å²) >= 11 is 0. The first-order chi connectivity index (χ1) is 8.48. The Morgan fingerprint density at radius 3 is 2.33 bits per heavy atom. The molecule has 108 valence electrons. The van der Waals surface area contributed by atoms with E-state index < -0.39 is 11.0 Å². The van der Waals surface area contributed by atoms with Gasteiger partial charge in [-0.3, -0.25) is 4.90 Å². The average molecular weight is 274 g/mol. The van der Waals surface area contributed by atoms with E-state index in [-0.39, 0.29) is 0 Å². The van der Waals surface area contributed by atoms with E-state index in [4.69, 9.17) is 0 Å². The second-order valence-electron chi connectivity index (χ2n) is 6.07. The van der Waals surface area contributed by atoms with E-state index >= 15 is 0 Å². The second kappa shape index (κ2) is 7.61. The summed E-state index contributed by atoms with van der Waals surface area (Å²) in [6.45, 7) is 13.0. The maximum Gasteiger partial charge on any atom is 0.109 e. The molecule has 1 aliphatic rings. The predicted molar refractivity (Wildman–Crippen MR) is 79.8 cm³/mol. The number of hydrogen-bond acceptors (Lipinski definition) is 2. The molecule has 0 aromatic carbocycles. The highest BCUT2D eigenvalue weighted by atomic mass is 32.2. The van der Waals surface area contributed by atoms with Gasteiger partial charge in [0.1, 0.15) is 11.0 Å². The van der Waals surface area contributed by atoms with Crippen LogP contribution in [-0.2, 0) is 11.0 Å². The molecule has 0 N–H and O–H groups in total. The third-order valence-corrected chi connectivity index (χ3v) is 5.73. The summed E-state index contributed by atoms with van der Waals surface area (Å²) in [6, 6.07) is 0. The summed E-state index contributed by atoms with van der Waals surface area (Å²) in [4.78, 5) is 2.34. The Morgan fingerprint density at radius 1 is 1.22 bits per heavy atom. The minimum atomic E-state index is -0.825. The van der Waals surface area contributed by atoms with Crippen molar-refractivity contribution in [2.45, 2.75) is 53.4 Å². The zero-order chi connectivity index (χ0) is 13.6. The van der Waals surface area contributed by atoms with Gasteiger partial charge >= 0.3 is 0 Å². The molecule has 0 radical (unpaired) electrons. The van der Waals surface area contributed by atoms with Crippen molar-refractivity contribution in [2.75, 3.05) is 32.1 Å². The highest BCUT2D eigenvalue weighted by Gasteiger charge is 2.21. The molecule has 0 aliphatic carbocycles. The molecular weight excluding hydrogens is 244 g/mol. The Balaban J connectivity index is 2.37. The van der Waals surface area contributed by atoms with Crippen LogP contribution in [0.15, 0.2) is 0 Å². The van der Waals surface area contributed by atoms with Crippen molar-refractivity contribution in [3.8, 4) is 0 Å². The molecular formula is C14H30N2OS. The van der Waals surface area contributed by atoms with Gasteiger partial charge in [-0.25, -0.2) is 8.51 Å². The SMILES string of the molecule is CCN(CCC(C)(C)CC)S(=O)CN1CCCC1. The van der Waals surface area contributed by atoms with Crippen LogP contribution < -0.4 is 0 Å². The third kappa shape index (κ3) is 5.37. The fourth-order valence-electron chi connectivity index (χ4n) is 2.16. The molecule has 1 aliphatic heterocycles. The van der Waals surface area contributed by atoms with Gasteiger partial charge in [-0.2, -0.15) is 0 Å². The lowest BCUT2D eigenvalue weighted by Crippen LogP contribution is -2.36. The molecule has 1 unspecified atom stereocenters. The van der Waals surface area contributed by atoms with Crippen molar-refractivity contribution < 1.29 is 4.21 Å². The van der Waals surface area contributed by atoms with Crippen molar-refractivity contribution >= 4 is 11.0 Å². The Bertz CT molecular complexity index is 263. The molecule has 1 heterocycles. The molecule has 0 aromatic heterocycles. The standard InChI is InChI=1S/C14H30N2OS/c1-5-14(3,4)9-12-16(6-2)18(17)13-15-10-7-8-11-15/h5-13H2,1-4H3. The van der Waals surface area contributed by atoms with Gasteiger partial charge in [0.2, 0.25) is 0 Å². The zero-order valence-corrected chi connectivity index (χ0v) is 13.4. The Labute approximate surface area is 116 Å². The van der Waals surface area contributed by atoms with Crippen molar-refractivity contribution in [3.63, 3.8) is 0 Å². The van der Waals surface area contributed by atoms with Crippen LogP contribution >= 0.6 is 0 Å². The normalized spacial score (nSPS) is 19.6. The van der Waals surface area contributed by atoms with Crippen molar-refractivity contribution in [1.82, 2.24) is 9.21 Å². The van der Waals surface area contributed by atoms with E-state index in [9.17, 15) is 4.21 Å². The van der Waals surface area contributed by atoms with Crippen LogP contribution in [0.4, 0.5) is 0 Å². The summed E-state index contributed by atoms with van der Waals surface area (Å²) in [5.41, 5.74) is 0.366. The molecule has 0 spiro atoms. The lowest BCUT2D eigenvalue weighted by Gasteiger charge is -2.28. The summed E-state index contributed by atoms with van der Waals surface area (Å²) in [5, 5.41) is 0. The monoisotopic (exact) mass is 274 g/mol. The first kappa shape index (κ1) is 16.1. The predicted octanol–water partition coefficient (Wildman–Crippen LogP) is 2.85. The molecule has 3 nitrogen and oxygen atoms in total. The lowest BCUT2D eigenvalue weighted by atomic mass is 9.87. The van der Waals surface area contributed by atoms with Gasteiger partial charge < -0.3 is 0 Å². The smallest absolute Gasteiger partial charge is 0.109 e. The molecule has 0 saturated carbocycles. The van der Waals surface area contributed by atoms with Crippen LogP contribution in [0.3, 0.4) is 0 Å². The van der Waals surface area contributed by atoms with E-state index in [0.717, 1.165) is 38.5 Å². The molecule has 1 saturated heterocycles. The molecule has 0 bridgehead atoms. The van der Waals surface area contributed by atoms with Crippen LogP contribution in [0.5, 0.6) is 0 Å². The summed E-state index contributed by atoms with van der Waals surface area (Å²) in [6.07, 6.45) is 4.85. The van der Waals surface area contributed by atoms with Crippen molar-refractivity contribution in [1.29, 1.82) is 0 Å². The van der Waals surface area contributed by atoms with Crippen LogP contribution in [0.2, 0.25) is 0 Å². The molecule has 1 fully saturated rings. The Kier molecular flexibility index (Phi) is 6.82.